The van der Waals surface area contributed by atoms with Crippen LogP contribution < -0.4 is 5.32 Å². The molecule has 1 saturated heterocycles. The molecule has 0 bridgehead atoms. The van der Waals surface area contributed by atoms with E-state index in [1.54, 1.807) is 10.9 Å². The molecule has 2 aromatic rings. The smallest absolute Gasteiger partial charge is 0.253 e. The monoisotopic (exact) mass is 342 g/mol. The van der Waals surface area contributed by atoms with Crippen molar-refractivity contribution in [1.29, 1.82) is 0 Å². The topological polar surface area (TPSA) is 70.4 Å². The summed E-state index contributed by atoms with van der Waals surface area (Å²) >= 11 is 0. The summed E-state index contributed by atoms with van der Waals surface area (Å²) in [4.78, 5) is 14.7. The lowest BCUT2D eigenvalue weighted by Gasteiger charge is -2.26. The molecule has 1 atom stereocenters. The summed E-state index contributed by atoms with van der Waals surface area (Å²) in [7, 11) is 1.86. The second-order valence-corrected chi connectivity index (χ2v) is 6.99. The number of aliphatic hydroxyl groups is 1. The molecule has 2 N–H and O–H groups in total. The number of likely N-dealkylation sites (tertiary alicyclic amines) is 1. The zero-order valence-corrected chi connectivity index (χ0v) is 14.9. The quantitative estimate of drug-likeness (QED) is 0.847. The van der Waals surface area contributed by atoms with Gasteiger partial charge in [0.2, 0.25) is 0 Å². The van der Waals surface area contributed by atoms with Crippen LogP contribution in [0.4, 0.5) is 11.4 Å². The number of amides is 1. The van der Waals surface area contributed by atoms with Gasteiger partial charge in [0.15, 0.2) is 0 Å². The van der Waals surface area contributed by atoms with Gasteiger partial charge in [-0.15, -0.1) is 0 Å². The van der Waals surface area contributed by atoms with Gasteiger partial charge in [-0.1, -0.05) is 19.4 Å². The molecule has 6 nitrogen and oxygen atoms in total. The first-order valence-electron chi connectivity index (χ1n) is 8.81. The van der Waals surface area contributed by atoms with Gasteiger partial charge in [0.05, 0.1) is 18.5 Å². The lowest BCUT2D eigenvalue weighted by molar-refractivity contribution is 0.0729. The lowest BCUT2D eigenvalue weighted by Crippen LogP contribution is -2.34. The Morgan fingerprint density at radius 1 is 1.40 bits per heavy atom. The number of benzene rings is 1. The van der Waals surface area contributed by atoms with E-state index in [0.717, 1.165) is 30.6 Å². The highest BCUT2D eigenvalue weighted by molar-refractivity contribution is 5.95. The number of hydrogen-bond donors (Lipinski definition) is 2. The maximum absolute atomic E-state index is 12.9. The summed E-state index contributed by atoms with van der Waals surface area (Å²) in [5, 5.41) is 17.2. The molecule has 0 radical (unpaired) electrons. The van der Waals surface area contributed by atoms with Gasteiger partial charge in [-0.05, 0) is 31.0 Å². The molecule has 1 aromatic heterocycles. The van der Waals surface area contributed by atoms with Gasteiger partial charge in [-0.25, -0.2) is 0 Å². The fourth-order valence-corrected chi connectivity index (χ4v) is 3.62. The van der Waals surface area contributed by atoms with Crippen molar-refractivity contribution < 1.29 is 9.90 Å². The number of carbonyl (C=O) groups is 1. The highest BCUT2D eigenvalue weighted by atomic mass is 16.3. The van der Waals surface area contributed by atoms with Gasteiger partial charge in [-0.3, -0.25) is 9.48 Å². The van der Waals surface area contributed by atoms with Crippen molar-refractivity contribution in [3.05, 3.63) is 42.2 Å². The largest absolute Gasteiger partial charge is 0.396 e. The fraction of sp³-hybridized carbons (Fsp3) is 0.474. The highest BCUT2D eigenvalue weighted by Gasteiger charge is 2.38. The number of nitrogens with one attached hydrogen (secondary N) is 1. The minimum Gasteiger partial charge on any atom is -0.396 e. The second kappa shape index (κ2) is 7.27. The van der Waals surface area contributed by atoms with Gasteiger partial charge >= 0.3 is 0 Å². The second-order valence-electron chi connectivity index (χ2n) is 6.99. The average Bonchev–Trinajstić information content (AvgIpc) is 3.22. The van der Waals surface area contributed by atoms with E-state index in [0.29, 0.717) is 18.7 Å². The van der Waals surface area contributed by atoms with Crippen molar-refractivity contribution in [1.82, 2.24) is 14.7 Å². The maximum atomic E-state index is 12.9. The Hall–Kier alpha value is -2.34. The van der Waals surface area contributed by atoms with Gasteiger partial charge in [-0.2, -0.15) is 5.10 Å². The number of nitrogens with zero attached hydrogens (tertiary/aromatic N) is 3. The molecule has 1 fully saturated rings. The van der Waals surface area contributed by atoms with Crippen LogP contribution >= 0.6 is 0 Å². The van der Waals surface area contributed by atoms with Crippen molar-refractivity contribution in [2.45, 2.75) is 26.2 Å². The normalized spacial score (nSPS) is 20.0. The predicted molar refractivity (Wildman–Crippen MR) is 97.9 cm³/mol. The highest BCUT2D eigenvalue weighted by Crippen LogP contribution is 2.35. The summed E-state index contributed by atoms with van der Waals surface area (Å²) in [6.07, 6.45) is 6.48. The summed E-state index contributed by atoms with van der Waals surface area (Å²) in [5.74, 6) is 0.0289. The van der Waals surface area contributed by atoms with E-state index in [1.165, 1.54) is 0 Å². The van der Waals surface area contributed by atoms with Crippen LogP contribution in [0.1, 0.15) is 36.5 Å². The molecule has 0 saturated carbocycles. The van der Waals surface area contributed by atoms with Crippen molar-refractivity contribution >= 4 is 17.3 Å². The first-order chi connectivity index (χ1) is 12.0. The van der Waals surface area contributed by atoms with Crippen LogP contribution in [0.15, 0.2) is 36.7 Å². The van der Waals surface area contributed by atoms with Crippen molar-refractivity contribution in [3.63, 3.8) is 0 Å². The number of aromatic nitrogens is 2. The summed E-state index contributed by atoms with van der Waals surface area (Å²) in [6, 6.07) is 7.53. The van der Waals surface area contributed by atoms with E-state index >= 15 is 0 Å². The molecule has 134 valence electrons. The van der Waals surface area contributed by atoms with Crippen molar-refractivity contribution in [3.8, 4) is 0 Å². The Bertz CT molecular complexity index is 743. The van der Waals surface area contributed by atoms with Crippen LogP contribution in [0, 0.1) is 5.41 Å². The molecule has 0 aliphatic carbocycles. The maximum Gasteiger partial charge on any atom is 0.253 e. The zero-order chi connectivity index (χ0) is 17.9. The molecule has 1 aromatic carbocycles. The number of hydrogen-bond acceptors (Lipinski definition) is 4. The molecular formula is C19H26N4O2. The molecule has 25 heavy (non-hydrogen) atoms. The number of aryl methyl sites for hydroxylation is 1. The van der Waals surface area contributed by atoms with Crippen LogP contribution in [0.3, 0.4) is 0 Å². The average molecular weight is 342 g/mol. The standard InChI is InChI=1S/C19H26N4O2/c1-3-7-19(14-24)8-9-23(13-19)18(25)15-5-4-6-16(10-15)21-17-11-20-22(2)12-17/h4-6,10-12,21,24H,3,7-9,13-14H2,1-2H3. The summed E-state index contributed by atoms with van der Waals surface area (Å²) < 4.78 is 1.73. The molecule has 1 aliphatic heterocycles. The minimum absolute atomic E-state index is 0.0289. The SMILES string of the molecule is CCCC1(CO)CCN(C(=O)c2cccc(Nc3cnn(C)c3)c2)C1. The third-order valence-electron chi connectivity index (χ3n) is 4.94. The third-order valence-corrected chi connectivity index (χ3v) is 4.94. The Kier molecular flexibility index (Phi) is 5.08. The number of anilines is 2. The van der Waals surface area contributed by atoms with E-state index in [4.69, 9.17) is 0 Å². The van der Waals surface area contributed by atoms with E-state index in [9.17, 15) is 9.90 Å². The van der Waals surface area contributed by atoms with E-state index in [-0.39, 0.29) is 17.9 Å². The van der Waals surface area contributed by atoms with E-state index < -0.39 is 0 Å². The zero-order valence-electron chi connectivity index (χ0n) is 14.9. The van der Waals surface area contributed by atoms with Crippen LogP contribution in [0.5, 0.6) is 0 Å². The first kappa shape index (κ1) is 17.5. The molecule has 3 rings (SSSR count). The summed E-state index contributed by atoms with van der Waals surface area (Å²) in [5.41, 5.74) is 2.28. The van der Waals surface area contributed by atoms with Gasteiger partial charge in [0.25, 0.3) is 5.91 Å². The van der Waals surface area contributed by atoms with E-state index in [2.05, 4.69) is 17.3 Å². The molecule has 1 amide bonds. The number of aliphatic hydroxyl groups excluding tert-OH is 1. The van der Waals surface area contributed by atoms with Crippen LogP contribution in [0.25, 0.3) is 0 Å². The van der Waals surface area contributed by atoms with Crippen LogP contribution in [0.2, 0.25) is 0 Å². The Balaban J connectivity index is 1.71. The number of carbonyl (C=O) groups excluding carboxylic acids is 1. The minimum atomic E-state index is -0.129. The van der Waals surface area contributed by atoms with E-state index in [1.807, 2.05) is 42.4 Å². The Morgan fingerprint density at radius 3 is 2.92 bits per heavy atom. The summed E-state index contributed by atoms with van der Waals surface area (Å²) in [6.45, 7) is 3.61. The molecule has 2 heterocycles. The number of rotatable bonds is 6. The third kappa shape index (κ3) is 3.85. The first-order valence-corrected chi connectivity index (χ1v) is 8.81. The molecule has 1 aliphatic rings. The molecule has 0 spiro atoms. The molecular weight excluding hydrogens is 316 g/mol. The van der Waals surface area contributed by atoms with Gasteiger partial charge in [0, 0.05) is 43.0 Å². The van der Waals surface area contributed by atoms with Gasteiger partial charge in [0.1, 0.15) is 0 Å². The fourth-order valence-electron chi connectivity index (χ4n) is 3.62. The van der Waals surface area contributed by atoms with Crippen molar-refractivity contribution in [2.75, 3.05) is 25.0 Å². The van der Waals surface area contributed by atoms with Crippen LogP contribution in [-0.4, -0.2) is 45.4 Å². The predicted octanol–water partition coefficient (Wildman–Crippen LogP) is 2.79. The molecule has 6 heteroatoms. The van der Waals surface area contributed by atoms with Gasteiger partial charge < -0.3 is 15.3 Å². The van der Waals surface area contributed by atoms with Crippen LogP contribution in [-0.2, 0) is 7.05 Å². The lowest BCUT2D eigenvalue weighted by atomic mass is 9.83. The Labute approximate surface area is 148 Å². The van der Waals surface area contributed by atoms with Crippen molar-refractivity contribution in [2.24, 2.45) is 12.5 Å². The Morgan fingerprint density at radius 2 is 2.24 bits per heavy atom. The molecule has 1 unspecified atom stereocenters.